The highest BCUT2D eigenvalue weighted by Crippen LogP contribution is 2.33. The van der Waals surface area contributed by atoms with Crippen LogP contribution >= 0.6 is 11.6 Å². The first-order valence-corrected chi connectivity index (χ1v) is 7.90. The van der Waals surface area contributed by atoms with E-state index in [0.29, 0.717) is 37.0 Å². The Morgan fingerprint density at radius 3 is 2.57 bits per heavy atom. The lowest BCUT2D eigenvalue weighted by atomic mass is 10.0. The van der Waals surface area contributed by atoms with Crippen molar-refractivity contribution in [3.8, 4) is 11.5 Å². The van der Waals surface area contributed by atoms with Crippen LogP contribution in [0.1, 0.15) is 16.7 Å². The van der Waals surface area contributed by atoms with Crippen LogP contribution in [0.25, 0.3) is 0 Å². The van der Waals surface area contributed by atoms with Crippen molar-refractivity contribution >= 4 is 17.5 Å². The first kappa shape index (κ1) is 15.7. The van der Waals surface area contributed by atoms with Gasteiger partial charge in [0.15, 0.2) is 11.5 Å². The van der Waals surface area contributed by atoms with Crippen molar-refractivity contribution in [2.45, 2.75) is 19.9 Å². The molecular formula is C18H18ClNO3. The second-order valence-corrected chi connectivity index (χ2v) is 5.87. The number of rotatable bonds is 4. The molecule has 1 N–H and O–H groups in total. The second kappa shape index (κ2) is 6.92. The minimum Gasteiger partial charge on any atom is -0.486 e. The monoisotopic (exact) mass is 331 g/mol. The summed E-state index contributed by atoms with van der Waals surface area (Å²) < 4.78 is 11.1. The van der Waals surface area contributed by atoms with Crippen molar-refractivity contribution in [3.63, 3.8) is 0 Å². The van der Waals surface area contributed by atoms with E-state index in [1.54, 1.807) is 0 Å². The Bertz CT molecular complexity index is 730. The Balaban J connectivity index is 1.65. The van der Waals surface area contributed by atoms with Gasteiger partial charge < -0.3 is 14.8 Å². The highest BCUT2D eigenvalue weighted by molar-refractivity contribution is 6.31. The number of benzene rings is 2. The van der Waals surface area contributed by atoms with Gasteiger partial charge >= 0.3 is 0 Å². The van der Waals surface area contributed by atoms with E-state index >= 15 is 0 Å². The number of halogens is 1. The number of carbonyl (C=O) groups excluding carboxylic acids is 1. The number of fused-ring (bicyclic) bond motifs is 1. The van der Waals surface area contributed by atoms with Crippen LogP contribution in [-0.4, -0.2) is 19.1 Å². The van der Waals surface area contributed by atoms with Crippen LogP contribution in [0, 0.1) is 6.92 Å². The fourth-order valence-corrected chi connectivity index (χ4v) is 2.70. The van der Waals surface area contributed by atoms with Gasteiger partial charge in [-0.05, 0) is 41.8 Å². The van der Waals surface area contributed by atoms with E-state index in [4.69, 9.17) is 21.1 Å². The SMILES string of the molecule is Cc1cc2c(cc1CC(=O)NCc1ccccc1Cl)OCCO2. The number of ether oxygens (including phenoxy) is 2. The molecule has 0 unspecified atom stereocenters. The van der Waals surface area contributed by atoms with Crippen LogP contribution in [0.2, 0.25) is 5.02 Å². The predicted molar refractivity (Wildman–Crippen MR) is 89.2 cm³/mol. The normalized spacial score (nSPS) is 12.8. The maximum Gasteiger partial charge on any atom is 0.224 e. The minimum atomic E-state index is -0.0512. The standard InChI is InChI=1S/C18H18ClNO3/c1-12-8-16-17(23-7-6-22-16)9-14(12)10-18(21)20-11-13-4-2-3-5-15(13)19/h2-5,8-9H,6-7,10-11H2,1H3,(H,20,21). The van der Waals surface area contributed by atoms with Gasteiger partial charge in [0.2, 0.25) is 5.91 Å². The molecule has 1 aliphatic heterocycles. The molecule has 120 valence electrons. The molecule has 0 aromatic heterocycles. The molecule has 0 spiro atoms. The zero-order valence-corrected chi connectivity index (χ0v) is 13.7. The number of amides is 1. The van der Waals surface area contributed by atoms with Crippen molar-refractivity contribution in [3.05, 3.63) is 58.1 Å². The van der Waals surface area contributed by atoms with Crippen LogP contribution in [-0.2, 0) is 17.8 Å². The zero-order valence-electron chi connectivity index (χ0n) is 12.9. The molecule has 0 fully saturated rings. The number of hydrogen-bond acceptors (Lipinski definition) is 3. The molecule has 1 heterocycles. The summed E-state index contributed by atoms with van der Waals surface area (Å²) in [4.78, 5) is 12.2. The molecule has 0 bridgehead atoms. The van der Waals surface area contributed by atoms with E-state index < -0.39 is 0 Å². The quantitative estimate of drug-likeness (QED) is 0.935. The summed E-state index contributed by atoms with van der Waals surface area (Å²) in [7, 11) is 0. The summed E-state index contributed by atoms with van der Waals surface area (Å²) in [5, 5.41) is 3.56. The summed E-state index contributed by atoms with van der Waals surface area (Å²) in [6.45, 7) is 3.48. The topological polar surface area (TPSA) is 47.6 Å². The molecule has 4 nitrogen and oxygen atoms in total. The summed E-state index contributed by atoms with van der Waals surface area (Å²) >= 11 is 6.09. The molecule has 0 radical (unpaired) electrons. The van der Waals surface area contributed by atoms with Gasteiger partial charge in [-0.2, -0.15) is 0 Å². The Morgan fingerprint density at radius 2 is 1.83 bits per heavy atom. The third-order valence-corrected chi connectivity index (χ3v) is 4.15. The predicted octanol–water partition coefficient (Wildman–Crippen LogP) is 3.28. The summed E-state index contributed by atoms with van der Waals surface area (Å²) in [5.41, 5.74) is 2.86. The number of aryl methyl sites for hydroxylation is 1. The van der Waals surface area contributed by atoms with Crippen molar-refractivity contribution in [2.75, 3.05) is 13.2 Å². The number of carbonyl (C=O) groups is 1. The first-order valence-electron chi connectivity index (χ1n) is 7.52. The van der Waals surface area contributed by atoms with Crippen LogP contribution in [0.3, 0.4) is 0 Å². The van der Waals surface area contributed by atoms with Gasteiger partial charge in [-0.3, -0.25) is 4.79 Å². The van der Waals surface area contributed by atoms with Crippen LogP contribution in [0.15, 0.2) is 36.4 Å². The molecular weight excluding hydrogens is 314 g/mol. The van der Waals surface area contributed by atoms with Gasteiger partial charge in [0.25, 0.3) is 0 Å². The largest absolute Gasteiger partial charge is 0.486 e. The lowest BCUT2D eigenvalue weighted by Crippen LogP contribution is -2.25. The highest BCUT2D eigenvalue weighted by atomic mass is 35.5. The molecule has 23 heavy (non-hydrogen) atoms. The van der Waals surface area contributed by atoms with Crippen LogP contribution < -0.4 is 14.8 Å². The minimum absolute atomic E-state index is 0.0512. The van der Waals surface area contributed by atoms with Crippen molar-refractivity contribution in [1.29, 1.82) is 0 Å². The van der Waals surface area contributed by atoms with E-state index in [-0.39, 0.29) is 5.91 Å². The molecule has 0 saturated heterocycles. The van der Waals surface area contributed by atoms with Gasteiger partial charge in [0.05, 0.1) is 6.42 Å². The third-order valence-electron chi connectivity index (χ3n) is 3.79. The average molecular weight is 332 g/mol. The van der Waals surface area contributed by atoms with Gasteiger partial charge in [-0.15, -0.1) is 0 Å². The zero-order chi connectivity index (χ0) is 16.2. The van der Waals surface area contributed by atoms with Gasteiger partial charge in [0, 0.05) is 11.6 Å². The lowest BCUT2D eigenvalue weighted by molar-refractivity contribution is -0.120. The molecule has 5 heteroatoms. The number of nitrogens with one attached hydrogen (secondary N) is 1. The molecule has 0 aliphatic carbocycles. The third kappa shape index (κ3) is 3.77. The van der Waals surface area contributed by atoms with E-state index in [1.807, 2.05) is 43.3 Å². The van der Waals surface area contributed by atoms with E-state index in [1.165, 1.54) is 0 Å². The molecule has 3 rings (SSSR count). The summed E-state index contributed by atoms with van der Waals surface area (Å²) in [6, 6.07) is 11.3. The first-order chi connectivity index (χ1) is 11.1. The molecule has 2 aromatic carbocycles. The highest BCUT2D eigenvalue weighted by Gasteiger charge is 2.15. The molecule has 1 amide bonds. The Kier molecular flexibility index (Phi) is 4.72. The average Bonchev–Trinajstić information content (AvgIpc) is 2.55. The van der Waals surface area contributed by atoms with Gasteiger partial charge in [-0.1, -0.05) is 29.8 Å². The van der Waals surface area contributed by atoms with E-state index in [2.05, 4.69) is 5.32 Å². The Morgan fingerprint density at radius 1 is 1.13 bits per heavy atom. The van der Waals surface area contributed by atoms with Gasteiger partial charge in [0.1, 0.15) is 13.2 Å². The van der Waals surface area contributed by atoms with Crippen molar-refractivity contribution < 1.29 is 14.3 Å². The van der Waals surface area contributed by atoms with Crippen molar-refractivity contribution in [2.24, 2.45) is 0 Å². The molecule has 0 atom stereocenters. The smallest absolute Gasteiger partial charge is 0.224 e. The van der Waals surface area contributed by atoms with Gasteiger partial charge in [-0.25, -0.2) is 0 Å². The summed E-state index contributed by atoms with van der Waals surface area (Å²) in [5.74, 6) is 1.40. The van der Waals surface area contributed by atoms with Crippen molar-refractivity contribution in [1.82, 2.24) is 5.32 Å². The molecule has 0 saturated carbocycles. The van der Waals surface area contributed by atoms with Crippen LogP contribution in [0.4, 0.5) is 0 Å². The van der Waals surface area contributed by atoms with E-state index in [0.717, 1.165) is 22.4 Å². The Hall–Kier alpha value is -2.20. The van der Waals surface area contributed by atoms with E-state index in [9.17, 15) is 4.79 Å². The second-order valence-electron chi connectivity index (χ2n) is 5.47. The fraction of sp³-hybridized carbons (Fsp3) is 0.278. The lowest BCUT2D eigenvalue weighted by Gasteiger charge is -2.20. The van der Waals surface area contributed by atoms with Crippen LogP contribution in [0.5, 0.6) is 11.5 Å². The molecule has 2 aromatic rings. The Labute approximate surface area is 140 Å². The fourth-order valence-electron chi connectivity index (χ4n) is 2.49. The maximum absolute atomic E-state index is 12.2. The maximum atomic E-state index is 12.2. The summed E-state index contributed by atoms with van der Waals surface area (Å²) in [6.07, 6.45) is 0.299. The molecule has 1 aliphatic rings. The number of hydrogen-bond donors (Lipinski definition) is 1.